The number of rotatable bonds is 0. The topological polar surface area (TPSA) is 19.9 Å². The molecule has 1 fully saturated rings. The van der Waals surface area contributed by atoms with Gasteiger partial charge in [0.05, 0.1) is 6.10 Å². The van der Waals surface area contributed by atoms with Gasteiger partial charge >= 0.3 is 0 Å². The van der Waals surface area contributed by atoms with Crippen LogP contribution in [0, 0.1) is 0 Å². The largest absolute Gasteiger partial charge is 0.233 e. The summed E-state index contributed by atoms with van der Waals surface area (Å²) in [4.78, 5) is 0. The van der Waals surface area contributed by atoms with Crippen LogP contribution in [0.2, 0.25) is 0 Å². The maximum Gasteiger partial charge on any atom is 0.118 e. The maximum atomic E-state index is 10.7. The van der Waals surface area contributed by atoms with Crippen LogP contribution in [0.4, 0.5) is 0 Å². The second-order valence-corrected chi connectivity index (χ2v) is 4.20. The summed E-state index contributed by atoms with van der Waals surface area (Å²) in [5.41, 5.74) is 0. The van der Waals surface area contributed by atoms with Crippen LogP contribution in [0.5, 0.6) is 0 Å². The predicted molar refractivity (Wildman–Crippen MR) is 37.4 cm³/mol. The SMILES string of the molecule is [O]C1CCC(Cl)(Cl)CC1. The second kappa shape index (κ2) is 2.65. The zero-order chi connectivity index (χ0) is 6.91. The van der Waals surface area contributed by atoms with Crippen molar-refractivity contribution in [2.75, 3.05) is 0 Å². The van der Waals surface area contributed by atoms with Crippen molar-refractivity contribution < 1.29 is 5.11 Å². The van der Waals surface area contributed by atoms with Crippen molar-refractivity contribution >= 4 is 23.2 Å². The van der Waals surface area contributed by atoms with Crippen molar-refractivity contribution in [2.45, 2.75) is 36.1 Å². The lowest BCUT2D eigenvalue weighted by Gasteiger charge is -2.26. The summed E-state index contributed by atoms with van der Waals surface area (Å²) in [6, 6.07) is 0. The van der Waals surface area contributed by atoms with Gasteiger partial charge in [-0.2, -0.15) is 0 Å². The van der Waals surface area contributed by atoms with E-state index in [1.54, 1.807) is 0 Å². The molecule has 1 aliphatic carbocycles. The Balaban J connectivity index is 2.35. The summed E-state index contributed by atoms with van der Waals surface area (Å²) in [6.07, 6.45) is 2.16. The smallest absolute Gasteiger partial charge is 0.118 e. The molecule has 9 heavy (non-hydrogen) atoms. The molecule has 0 N–H and O–H groups in total. The second-order valence-electron chi connectivity index (χ2n) is 2.56. The predicted octanol–water partition coefficient (Wildman–Crippen LogP) is 2.53. The molecular weight excluding hydrogens is 159 g/mol. The van der Waals surface area contributed by atoms with Crippen LogP contribution in [0.25, 0.3) is 0 Å². The Bertz CT molecular complexity index is 93.2. The third kappa shape index (κ3) is 2.32. The van der Waals surface area contributed by atoms with Crippen molar-refractivity contribution in [3.05, 3.63) is 0 Å². The van der Waals surface area contributed by atoms with Gasteiger partial charge in [-0.25, -0.2) is 5.11 Å². The van der Waals surface area contributed by atoms with E-state index in [-0.39, 0.29) is 0 Å². The highest BCUT2D eigenvalue weighted by Gasteiger charge is 2.30. The Morgan fingerprint density at radius 2 is 1.67 bits per heavy atom. The molecule has 0 unspecified atom stereocenters. The first-order valence-electron chi connectivity index (χ1n) is 3.14. The molecule has 0 bridgehead atoms. The van der Waals surface area contributed by atoms with Crippen LogP contribution in [0.3, 0.4) is 0 Å². The van der Waals surface area contributed by atoms with E-state index in [9.17, 15) is 5.11 Å². The van der Waals surface area contributed by atoms with Crippen LogP contribution in [0.15, 0.2) is 0 Å². The summed E-state index contributed by atoms with van der Waals surface area (Å²) < 4.78 is -0.596. The Morgan fingerprint density at radius 1 is 1.22 bits per heavy atom. The lowest BCUT2D eigenvalue weighted by Crippen LogP contribution is -2.24. The Kier molecular flexibility index (Phi) is 2.25. The molecular formula is C6H9Cl2O. The van der Waals surface area contributed by atoms with Gasteiger partial charge in [0.25, 0.3) is 0 Å². The molecule has 0 aromatic rings. The molecule has 1 radical (unpaired) electrons. The minimum absolute atomic E-state index is 0.421. The van der Waals surface area contributed by atoms with E-state index in [4.69, 9.17) is 23.2 Å². The minimum Gasteiger partial charge on any atom is -0.233 e. The quantitative estimate of drug-likeness (QED) is 0.495. The van der Waals surface area contributed by atoms with Crippen molar-refractivity contribution in [1.82, 2.24) is 0 Å². The van der Waals surface area contributed by atoms with E-state index in [1.165, 1.54) is 0 Å². The van der Waals surface area contributed by atoms with Crippen molar-refractivity contribution in [1.29, 1.82) is 0 Å². The molecule has 0 heterocycles. The minimum atomic E-state index is -0.596. The van der Waals surface area contributed by atoms with Crippen molar-refractivity contribution in [3.63, 3.8) is 0 Å². The summed E-state index contributed by atoms with van der Waals surface area (Å²) in [6.45, 7) is 0. The van der Waals surface area contributed by atoms with E-state index < -0.39 is 10.4 Å². The molecule has 53 valence electrons. The van der Waals surface area contributed by atoms with Crippen LogP contribution >= 0.6 is 23.2 Å². The van der Waals surface area contributed by atoms with E-state index in [2.05, 4.69) is 0 Å². The first-order chi connectivity index (χ1) is 4.10. The van der Waals surface area contributed by atoms with E-state index >= 15 is 0 Å². The Hall–Kier alpha value is 0.540. The standard InChI is InChI=1S/C6H9Cl2O/c7-6(8)3-1-5(9)2-4-6/h5H,1-4H2. The molecule has 1 rings (SSSR count). The number of alkyl halides is 2. The molecule has 0 aliphatic heterocycles. The van der Waals surface area contributed by atoms with E-state index in [0.29, 0.717) is 25.7 Å². The molecule has 0 spiro atoms. The highest BCUT2D eigenvalue weighted by molar-refractivity contribution is 6.48. The van der Waals surface area contributed by atoms with Crippen LogP contribution in [-0.2, 0) is 5.11 Å². The summed E-state index contributed by atoms with van der Waals surface area (Å²) in [5, 5.41) is 10.7. The molecule has 0 aromatic heterocycles. The highest BCUT2D eigenvalue weighted by Crippen LogP contribution is 2.37. The molecule has 1 aliphatic rings. The summed E-state index contributed by atoms with van der Waals surface area (Å²) in [7, 11) is 0. The summed E-state index contributed by atoms with van der Waals surface area (Å²) >= 11 is 11.5. The van der Waals surface area contributed by atoms with Gasteiger partial charge in [0.15, 0.2) is 0 Å². The van der Waals surface area contributed by atoms with E-state index in [1.807, 2.05) is 0 Å². The molecule has 0 aromatic carbocycles. The number of hydrogen-bond donors (Lipinski definition) is 0. The normalized spacial score (nSPS) is 28.3. The number of hydrogen-bond acceptors (Lipinski definition) is 0. The zero-order valence-electron chi connectivity index (χ0n) is 5.07. The Labute approximate surface area is 65.0 Å². The fourth-order valence-corrected chi connectivity index (χ4v) is 1.45. The van der Waals surface area contributed by atoms with Gasteiger partial charge in [-0.3, -0.25) is 0 Å². The third-order valence-electron chi connectivity index (χ3n) is 1.66. The van der Waals surface area contributed by atoms with E-state index in [0.717, 1.165) is 0 Å². The molecule has 1 nitrogen and oxygen atoms in total. The molecule has 0 atom stereocenters. The highest BCUT2D eigenvalue weighted by atomic mass is 35.5. The lowest BCUT2D eigenvalue weighted by atomic mass is 9.97. The lowest BCUT2D eigenvalue weighted by molar-refractivity contribution is 0.0542. The van der Waals surface area contributed by atoms with Gasteiger partial charge < -0.3 is 0 Å². The van der Waals surface area contributed by atoms with Gasteiger partial charge in [0, 0.05) is 0 Å². The average Bonchev–Trinajstić information content (AvgIpc) is 1.78. The molecule has 0 amide bonds. The monoisotopic (exact) mass is 167 g/mol. The van der Waals surface area contributed by atoms with Crippen molar-refractivity contribution in [3.8, 4) is 0 Å². The first-order valence-corrected chi connectivity index (χ1v) is 3.89. The average molecular weight is 168 g/mol. The fraction of sp³-hybridized carbons (Fsp3) is 1.00. The van der Waals surface area contributed by atoms with Gasteiger partial charge in [0.2, 0.25) is 0 Å². The Morgan fingerprint density at radius 3 is 2.00 bits per heavy atom. The van der Waals surface area contributed by atoms with Gasteiger partial charge in [-0.15, -0.1) is 23.2 Å². The van der Waals surface area contributed by atoms with Gasteiger partial charge in [-0.1, -0.05) is 0 Å². The van der Waals surface area contributed by atoms with Gasteiger partial charge in [-0.05, 0) is 25.7 Å². The maximum absolute atomic E-state index is 10.7. The number of halogens is 2. The fourth-order valence-electron chi connectivity index (χ4n) is 1.01. The first kappa shape index (κ1) is 7.64. The molecule has 0 saturated heterocycles. The van der Waals surface area contributed by atoms with Crippen LogP contribution in [-0.4, -0.2) is 10.4 Å². The summed E-state index contributed by atoms with van der Waals surface area (Å²) in [5.74, 6) is 0. The van der Waals surface area contributed by atoms with Crippen LogP contribution < -0.4 is 0 Å². The van der Waals surface area contributed by atoms with Crippen LogP contribution in [0.1, 0.15) is 25.7 Å². The molecule has 1 saturated carbocycles. The molecule has 3 heteroatoms. The van der Waals surface area contributed by atoms with Gasteiger partial charge in [0.1, 0.15) is 4.33 Å². The van der Waals surface area contributed by atoms with Crippen molar-refractivity contribution in [2.24, 2.45) is 0 Å². The zero-order valence-corrected chi connectivity index (χ0v) is 6.58. The third-order valence-corrected chi connectivity index (χ3v) is 2.42.